The summed E-state index contributed by atoms with van der Waals surface area (Å²) in [6.07, 6.45) is 0. The molecule has 2 aromatic heterocycles. The largest absolute Gasteiger partial charge is 0.280 e. The molecule has 0 atom stereocenters. The highest BCUT2D eigenvalue weighted by Gasteiger charge is 2.20. The van der Waals surface area contributed by atoms with Crippen molar-refractivity contribution in [1.29, 1.82) is 0 Å². The summed E-state index contributed by atoms with van der Waals surface area (Å²) in [5.74, 6) is 0.377. The minimum atomic E-state index is -3.81. The predicted octanol–water partition coefficient (Wildman–Crippen LogP) is 1.67. The molecule has 4 rings (SSSR count). The van der Waals surface area contributed by atoms with E-state index < -0.39 is 10.0 Å². The van der Waals surface area contributed by atoms with E-state index in [9.17, 15) is 8.42 Å². The molecule has 2 heterocycles. The predicted molar refractivity (Wildman–Crippen MR) is 87.8 cm³/mol. The SMILES string of the molecule is O=S(=O)(Nc1cccc(-c2nn[nH]n2)c1)c1cccc2nsnc12. The van der Waals surface area contributed by atoms with Gasteiger partial charge in [0.1, 0.15) is 15.9 Å². The second kappa shape index (κ2) is 5.62. The molecule has 0 unspecified atom stereocenters. The van der Waals surface area contributed by atoms with E-state index in [1.54, 1.807) is 36.4 Å². The van der Waals surface area contributed by atoms with Crippen molar-refractivity contribution in [3.05, 3.63) is 42.5 Å². The van der Waals surface area contributed by atoms with Crippen molar-refractivity contribution in [3.8, 4) is 11.4 Å². The molecular formula is C13H9N7O2S2. The zero-order chi connectivity index (χ0) is 16.6. The number of sulfonamides is 1. The Balaban J connectivity index is 1.72. The fourth-order valence-electron chi connectivity index (χ4n) is 2.21. The van der Waals surface area contributed by atoms with E-state index in [1.165, 1.54) is 6.07 Å². The van der Waals surface area contributed by atoms with Crippen LogP contribution in [-0.4, -0.2) is 37.8 Å². The van der Waals surface area contributed by atoms with Gasteiger partial charge in [-0.2, -0.15) is 14.0 Å². The molecule has 2 aromatic carbocycles. The molecule has 9 nitrogen and oxygen atoms in total. The monoisotopic (exact) mass is 359 g/mol. The number of hydrogen-bond acceptors (Lipinski definition) is 8. The quantitative estimate of drug-likeness (QED) is 0.567. The number of hydrogen-bond donors (Lipinski definition) is 2. The molecule has 0 aliphatic heterocycles. The Labute approximate surface area is 140 Å². The van der Waals surface area contributed by atoms with E-state index in [0.29, 0.717) is 28.1 Å². The first-order valence-corrected chi connectivity index (χ1v) is 8.93. The number of aromatic nitrogens is 6. The Hall–Kier alpha value is -2.92. The highest BCUT2D eigenvalue weighted by molar-refractivity contribution is 7.93. The first-order valence-electron chi connectivity index (χ1n) is 6.71. The van der Waals surface area contributed by atoms with Gasteiger partial charge < -0.3 is 0 Å². The average Bonchev–Trinajstić information content (AvgIpc) is 3.25. The van der Waals surface area contributed by atoms with Gasteiger partial charge in [0.05, 0.1) is 11.7 Å². The van der Waals surface area contributed by atoms with Crippen LogP contribution in [0.3, 0.4) is 0 Å². The van der Waals surface area contributed by atoms with E-state index in [0.717, 1.165) is 11.7 Å². The lowest BCUT2D eigenvalue weighted by Gasteiger charge is -2.09. The van der Waals surface area contributed by atoms with Crippen LogP contribution in [0.4, 0.5) is 5.69 Å². The van der Waals surface area contributed by atoms with Gasteiger partial charge >= 0.3 is 0 Å². The van der Waals surface area contributed by atoms with Crippen molar-refractivity contribution in [2.24, 2.45) is 0 Å². The third-order valence-corrected chi connectivity index (χ3v) is 5.21. The molecule has 0 radical (unpaired) electrons. The van der Waals surface area contributed by atoms with Crippen molar-refractivity contribution in [3.63, 3.8) is 0 Å². The van der Waals surface area contributed by atoms with Gasteiger partial charge in [0, 0.05) is 11.3 Å². The van der Waals surface area contributed by atoms with Crippen LogP contribution in [0.15, 0.2) is 47.4 Å². The number of tetrazole rings is 1. The molecule has 0 amide bonds. The van der Waals surface area contributed by atoms with E-state index in [-0.39, 0.29) is 4.90 Å². The summed E-state index contributed by atoms with van der Waals surface area (Å²) in [7, 11) is -3.81. The molecule has 120 valence electrons. The molecule has 0 aliphatic carbocycles. The number of benzene rings is 2. The van der Waals surface area contributed by atoms with Crippen molar-refractivity contribution in [1.82, 2.24) is 29.4 Å². The maximum Gasteiger partial charge on any atom is 0.264 e. The number of fused-ring (bicyclic) bond motifs is 1. The van der Waals surface area contributed by atoms with Crippen LogP contribution in [0, 0.1) is 0 Å². The molecular weight excluding hydrogens is 350 g/mol. The Bertz CT molecular complexity index is 1110. The van der Waals surface area contributed by atoms with Crippen molar-refractivity contribution in [2.45, 2.75) is 4.90 Å². The summed E-state index contributed by atoms with van der Waals surface area (Å²) in [6.45, 7) is 0. The van der Waals surface area contributed by atoms with Gasteiger partial charge in [-0.05, 0) is 29.5 Å². The highest BCUT2D eigenvalue weighted by Crippen LogP contribution is 2.25. The standard InChI is InChI=1S/C13H9N7O2S2/c21-24(22,11-6-2-5-10-12(11)17-23-16-10)18-9-4-1-3-8(7-9)13-14-19-20-15-13/h1-7,18H,(H,14,15,19,20). The van der Waals surface area contributed by atoms with E-state index in [4.69, 9.17) is 0 Å². The molecule has 11 heteroatoms. The van der Waals surface area contributed by atoms with Gasteiger partial charge in [-0.15, -0.1) is 10.2 Å². The fourth-order valence-corrected chi connectivity index (χ4v) is 4.03. The van der Waals surface area contributed by atoms with Crippen molar-refractivity contribution >= 4 is 38.5 Å². The normalized spacial score (nSPS) is 11.7. The van der Waals surface area contributed by atoms with Crippen LogP contribution in [0.5, 0.6) is 0 Å². The van der Waals surface area contributed by atoms with E-state index >= 15 is 0 Å². The Morgan fingerprint density at radius 1 is 1.08 bits per heavy atom. The van der Waals surface area contributed by atoms with Gasteiger partial charge in [0.15, 0.2) is 0 Å². The minimum Gasteiger partial charge on any atom is -0.280 e. The summed E-state index contributed by atoms with van der Waals surface area (Å²) in [5, 5.41) is 13.6. The zero-order valence-corrected chi connectivity index (χ0v) is 13.5. The molecule has 0 bridgehead atoms. The van der Waals surface area contributed by atoms with E-state index in [2.05, 4.69) is 34.1 Å². The maximum absolute atomic E-state index is 12.7. The molecule has 0 fully saturated rings. The second-order valence-electron chi connectivity index (χ2n) is 4.81. The summed E-state index contributed by atoms with van der Waals surface area (Å²) in [5.41, 5.74) is 1.92. The number of anilines is 1. The van der Waals surface area contributed by atoms with Crippen molar-refractivity contribution in [2.75, 3.05) is 4.72 Å². The molecule has 24 heavy (non-hydrogen) atoms. The lowest BCUT2D eigenvalue weighted by molar-refractivity contribution is 0.602. The maximum atomic E-state index is 12.7. The first-order chi connectivity index (χ1) is 11.6. The summed E-state index contributed by atoms with van der Waals surface area (Å²) in [4.78, 5) is 0.0821. The second-order valence-corrected chi connectivity index (χ2v) is 6.99. The van der Waals surface area contributed by atoms with Crippen LogP contribution in [0.1, 0.15) is 0 Å². The summed E-state index contributed by atoms with van der Waals surface area (Å²) >= 11 is 0.971. The average molecular weight is 359 g/mol. The molecule has 0 saturated heterocycles. The fraction of sp³-hybridized carbons (Fsp3) is 0. The number of nitrogens with one attached hydrogen (secondary N) is 2. The van der Waals surface area contributed by atoms with Gasteiger partial charge in [-0.25, -0.2) is 8.42 Å². The van der Waals surface area contributed by atoms with Crippen LogP contribution >= 0.6 is 11.7 Å². The van der Waals surface area contributed by atoms with Gasteiger partial charge in [0.25, 0.3) is 10.0 Å². The van der Waals surface area contributed by atoms with Crippen molar-refractivity contribution < 1.29 is 8.42 Å². The topological polar surface area (TPSA) is 126 Å². The molecule has 4 aromatic rings. The number of nitrogens with zero attached hydrogens (tertiary/aromatic N) is 5. The molecule has 0 aliphatic rings. The number of H-pyrrole nitrogens is 1. The van der Waals surface area contributed by atoms with Crippen LogP contribution in [0.2, 0.25) is 0 Å². The third-order valence-electron chi connectivity index (χ3n) is 3.26. The molecule has 0 spiro atoms. The van der Waals surface area contributed by atoms with Gasteiger partial charge in [-0.3, -0.25) is 4.72 Å². The van der Waals surface area contributed by atoms with E-state index in [1.807, 2.05) is 0 Å². The lowest BCUT2D eigenvalue weighted by Crippen LogP contribution is -2.13. The number of rotatable bonds is 4. The molecule has 2 N–H and O–H groups in total. The Morgan fingerprint density at radius 2 is 1.96 bits per heavy atom. The van der Waals surface area contributed by atoms with Gasteiger partial charge in [0.2, 0.25) is 5.82 Å². The number of aromatic amines is 1. The highest BCUT2D eigenvalue weighted by atomic mass is 32.2. The summed E-state index contributed by atoms with van der Waals surface area (Å²) < 4.78 is 36.0. The first kappa shape index (κ1) is 14.7. The molecule has 0 saturated carbocycles. The van der Waals surface area contributed by atoms with Crippen LogP contribution < -0.4 is 4.72 Å². The summed E-state index contributed by atoms with van der Waals surface area (Å²) in [6, 6.07) is 11.6. The Morgan fingerprint density at radius 3 is 2.79 bits per heavy atom. The smallest absolute Gasteiger partial charge is 0.264 e. The van der Waals surface area contributed by atoms with Gasteiger partial charge in [-0.1, -0.05) is 18.2 Å². The zero-order valence-electron chi connectivity index (χ0n) is 11.9. The minimum absolute atomic E-state index is 0.0821. The van der Waals surface area contributed by atoms with Crippen LogP contribution in [0.25, 0.3) is 22.4 Å². The lowest BCUT2D eigenvalue weighted by atomic mass is 10.2. The Kier molecular flexibility index (Phi) is 3.43. The third kappa shape index (κ3) is 2.59. The van der Waals surface area contributed by atoms with Crippen LogP contribution in [-0.2, 0) is 10.0 Å².